The van der Waals surface area contributed by atoms with E-state index < -0.39 is 0 Å². The molecule has 2 amide bonds. The van der Waals surface area contributed by atoms with Crippen LogP contribution in [0.15, 0.2) is 54.6 Å². The molecule has 7 heteroatoms. The fourth-order valence-corrected chi connectivity index (χ4v) is 3.93. The van der Waals surface area contributed by atoms with Gasteiger partial charge in [-0.1, -0.05) is 42.5 Å². The van der Waals surface area contributed by atoms with E-state index in [-0.39, 0.29) is 24.3 Å². The van der Waals surface area contributed by atoms with Crippen LogP contribution in [0, 0.1) is 0 Å². The number of rotatable bonds is 6. The van der Waals surface area contributed by atoms with Crippen molar-refractivity contribution in [1.82, 2.24) is 20.4 Å². The van der Waals surface area contributed by atoms with Crippen LogP contribution >= 0.6 is 0 Å². The van der Waals surface area contributed by atoms with Crippen molar-refractivity contribution in [3.63, 3.8) is 0 Å². The number of nitrogens with zero attached hydrogens (tertiary/aromatic N) is 2. The lowest BCUT2D eigenvalue weighted by Gasteiger charge is -2.23. The molecule has 0 spiro atoms. The third-order valence-corrected chi connectivity index (χ3v) is 5.53. The van der Waals surface area contributed by atoms with Crippen molar-refractivity contribution in [2.75, 3.05) is 13.7 Å². The molecule has 7 nitrogen and oxygen atoms in total. The lowest BCUT2D eigenvalue weighted by molar-refractivity contribution is -0.133. The maximum atomic E-state index is 13.2. The van der Waals surface area contributed by atoms with E-state index in [2.05, 4.69) is 15.5 Å². The molecule has 0 saturated heterocycles. The standard InChI is InChI=1S/C23H24N4O3/c1-24-22(29)17-9-7-16(8-10-17)21-19-13-27(14-20(19)25-26-21)23(30)18(11-12-28)15-5-3-2-4-6-15/h2-10,18,28H,11-14H2,1H3,(H,24,29)(H,25,26). The van der Waals surface area contributed by atoms with Gasteiger partial charge in [0.15, 0.2) is 0 Å². The van der Waals surface area contributed by atoms with E-state index in [1.807, 2.05) is 42.5 Å². The van der Waals surface area contributed by atoms with Crippen molar-refractivity contribution < 1.29 is 14.7 Å². The summed E-state index contributed by atoms with van der Waals surface area (Å²) in [5.74, 6) is -0.509. The van der Waals surface area contributed by atoms with E-state index in [0.717, 1.165) is 28.1 Å². The van der Waals surface area contributed by atoms with Gasteiger partial charge in [-0.2, -0.15) is 5.10 Å². The van der Waals surface area contributed by atoms with Gasteiger partial charge in [0.05, 0.1) is 30.4 Å². The van der Waals surface area contributed by atoms with Crippen LogP contribution in [0.3, 0.4) is 0 Å². The SMILES string of the molecule is CNC(=O)c1ccc(-c2n[nH]c3c2CN(C(=O)C(CCO)c2ccccc2)C3)cc1. The number of hydrogen-bond acceptors (Lipinski definition) is 4. The topological polar surface area (TPSA) is 98.3 Å². The molecular formula is C23H24N4O3. The Morgan fingerprint density at radius 3 is 2.53 bits per heavy atom. The monoisotopic (exact) mass is 404 g/mol. The molecule has 1 atom stereocenters. The third-order valence-electron chi connectivity index (χ3n) is 5.53. The largest absolute Gasteiger partial charge is 0.396 e. The fourth-order valence-electron chi connectivity index (χ4n) is 3.93. The van der Waals surface area contributed by atoms with E-state index in [4.69, 9.17) is 0 Å². The highest BCUT2D eigenvalue weighted by molar-refractivity contribution is 5.94. The van der Waals surface area contributed by atoms with Crippen LogP contribution < -0.4 is 5.32 Å². The first-order chi connectivity index (χ1) is 14.6. The summed E-state index contributed by atoms with van der Waals surface area (Å²) in [6.45, 7) is 0.882. The van der Waals surface area contributed by atoms with Gasteiger partial charge in [0, 0.05) is 30.3 Å². The number of amides is 2. The van der Waals surface area contributed by atoms with E-state index >= 15 is 0 Å². The highest BCUT2D eigenvalue weighted by Gasteiger charge is 2.32. The fraction of sp³-hybridized carbons (Fsp3) is 0.261. The molecule has 1 unspecified atom stereocenters. The molecular weight excluding hydrogens is 380 g/mol. The lowest BCUT2D eigenvalue weighted by Crippen LogP contribution is -2.31. The average molecular weight is 404 g/mol. The van der Waals surface area contributed by atoms with Gasteiger partial charge in [0.25, 0.3) is 5.91 Å². The van der Waals surface area contributed by atoms with E-state index in [1.54, 1.807) is 24.1 Å². The number of fused-ring (bicyclic) bond motifs is 1. The molecule has 3 N–H and O–H groups in total. The molecule has 2 aromatic carbocycles. The first-order valence-corrected chi connectivity index (χ1v) is 9.95. The molecule has 0 fully saturated rings. The summed E-state index contributed by atoms with van der Waals surface area (Å²) in [5, 5.41) is 19.6. The maximum absolute atomic E-state index is 13.2. The number of aromatic nitrogens is 2. The minimum absolute atomic E-state index is 0.000708. The molecule has 0 radical (unpaired) electrons. The number of H-pyrrole nitrogens is 1. The van der Waals surface area contributed by atoms with Gasteiger partial charge in [0.2, 0.25) is 5.91 Å². The predicted octanol–water partition coefficient (Wildman–Crippen LogP) is 2.44. The van der Waals surface area contributed by atoms with Crippen molar-refractivity contribution in [3.05, 3.63) is 77.0 Å². The quantitative estimate of drug-likeness (QED) is 0.588. The smallest absolute Gasteiger partial charge is 0.251 e. The summed E-state index contributed by atoms with van der Waals surface area (Å²) < 4.78 is 0. The highest BCUT2D eigenvalue weighted by Crippen LogP contribution is 2.33. The Balaban J connectivity index is 1.55. The number of nitrogens with one attached hydrogen (secondary N) is 2. The minimum Gasteiger partial charge on any atom is -0.396 e. The molecule has 0 bridgehead atoms. The Kier molecular flexibility index (Phi) is 5.63. The Morgan fingerprint density at radius 1 is 1.13 bits per heavy atom. The molecule has 0 aliphatic carbocycles. The van der Waals surface area contributed by atoms with Gasteiger partial charge in [-0.05, 0) is 24.1 Å². The molecule has 1 aliphatic heterocycles. The molecule has 4 rings (SSSR count). The number of benzene rings is 2. The van der Waals surface area contributed by atoms with Crippen LogP contribution in [0.2, 0.25) is 0 Å². The van der Waals surface area contributed by atoms with Crippen LogP contribution in [0.5, 0.6) is 0 Å². The zero-order valence-electron chi connectivity index (χ0n) is 16.8. The molecule has 1 aliphatic rings. The van der Waals surface area contributed by atoms with Gasteiger partial charge in [-0.3, -0.25) is 14.7 Å². The Labute approximate surface area is 174 Å². The maximum Gasteiger partial charge on any atom is 0.251 e. The summed E-state index contributed by atoms with van der Waals surface area (Å²) >= 11 is 0. The summed E-state index contributed by atoms with van der Waals surface area (Å²) in [5.41, 5.74) is 5.10. The molecule has 3 aromatic rings. The van der Waals surface area contributed by atoms with Crippen LogP contribution in [-0.4, -0.2) is 45.7 Å². The number of aliphatic hydroxyl groups is 1. The van der Waals surface area contributed by atoms with Crippen LogP contribution in [0.4, 0.5) is 0 Å². The molecule has 154 valence electrons. The summed E-state index contributed by atoms with van der Waals surface area (Å²) in [6.07, 6.45) is 0.388. The number of hydrogen-bond donors (Lipinski definition) is 3. The van der Waals surface area contributed by atoms with Gasteiger partial charge in [-0.25, -0.2) is 0 Å². The second-order valence-electron chi connectivity index (χ2n) is 7.36. The zero-order chi connectivity index (χ0) is 21.1. The van der Waals surface area contributed by atoms with Crippen molar-refractivity contribution in [2.24, 2.45) is 0 Å². The average Bonchev–Trinajstić information content (AvgIpc) is 3.38. The lowest BCUT2D eigenvalue weighted by atomic mass is 9.94. The molecule has 2 heterocycles. The zero-order valence-corrected chi connectivity index (χ0v) is 16.8. The Morgan fingerprint density at radius 2 is 1.87 bits per heavy atom. The van der Waals surface area contributed by atoms with Gasteiger partial charge in [-0.15, -0.1) is 0 Å². The predicted molar refractivity (Wildman–Crippen MR) is 113 cm³/mol. The van der Waals surface area contributed by atoms with Gasteiger partial charge in [0.1, 0.15) is 0 Å². The van der Waals surface area contributed by atoms with Gasteiger partial charge < -0.3 is 15.3 Å². The van der Waals surface area contributed by atoms with Crippen LogP contribution in [-0.2, 0) is 17.9 Å². The first kappa shape index (κ1) is 19.8. The van der Waals surface area contributed by atoms with Crippen molar-refractivity contribution in [1.29, 1.82) is 0 Å². The second kappa shape index (κ2) is 8.51. The van der Waals surface area contributed by atoms with Crippen LogP contribution in [0.25, 0.3) is 11.3 Å². The number of aromatic amines is 1. The number of carbonyl (C=O) groups is 2. The van der Waals surface area contributed by atoms with Crippen molar-refractivity contribution in [2.45, 2.75) is 25.4 Å². The van der Waals surface area contributed by atoms with Gasteiger partial charge >= 0.3 is 0 Å². The van der Waals surface area contributed by atoms with Crippen molar-refractivity contribution in [3.8, 4) is 11.3 Å². The Bertz CT molecular complexity index is 1040. The summed E-state index contributed by atoms with van der Waals surface area (Å²) in [4.78, 5) is 26.8. The van der Waals surface area contributed by atoms with E-state index in [0.29, 0.717) is 25.1 Å². The third kappa shape index (κ3) is 3.71. The van der Waals surface area contributed by atoms with E-state index in [9.17, 15) is 14.7 Å². The number of carbonyl (C=O) groups excluding carboxylic acids is 2. The number of aliphatic hydroxyl groups excluding tert-OH is 1. The van der Waals surface area contributed by atoms with E-state index in [1.165, 1.54) is 0 Å². The normalized spacial score (nSPS) is 13.7. The molecule has 1 aromatic heterocycles. The second-order valence-corrected chi connectivity index (χ2v) is 7.36. The minimum atomic E-state index is -0.372. The molecule has 0 saturated carbocycles. The highest BCUT2D eigenvalue weighted by atomic mass is 16.3. The van der Waals surface area contributed by atoms with Crippen LogP contribution in [0.1, 0.15) is 39.5 Å². The Hall–Kier alpha value is -3.45. The summed E-state index contributed by atoms with van der Waals surface area (Å²) in [7, 11) is 1.60. The molecule has 30 heavy (non-hydrogen) atoms. The summed E-state index contributed by atoms with van der Waals surface area (Å²) in [6, 6.07) is 16.8. The van der Waals surface area contributed by atoms with Crippen molar-refractivity contribution >= 4 is 11.8 Å². The first-order valence-electron chi connectivity index (χ1n) is 9.95.